The summed E-state index contributed by atoms with van der Waals surface area (Å²) in [4.78, 5) is 11.8. The number of carbonyl (C=O) groups is 1. The third-order valence-corrected chi connectivity index (χ3v) is 2.62. The van der Waals surface area contributed by atoms with Crippen molar-refractivity contribution >= 4 is 23.2 Å². The van der Waals surface area contributed by atoms with E-state index >= 15 is 0 Å². The molecule has 0 atom stereocenters. The number of phenols is 1. The normalized spacial score (nSPS) is 10.3. The van der Waals surface area contributed by atoms with Crippen LogP contribution in [0, 0.1) is 11.6 Å². The minimum absolute atomic E-state index is 0.0619. The van der Waals surface area contributed by atoms with Gasteiger partial charge in [0.2, 0.25) is 0 Å². The summed E-state index contributed by atoms with van der Waals surface area (Å²) >= 11 is 5.63. The SMILES string of the molecule is O=C(Nc1ccc(F)cc1F)c1ccc(Cl)cc1O. The Morgan fingerprint density at radius 3 is 2.53 bits per heavy atom. The molecule has 0 fully saturated rings. The molecule has 3 nitrogen and oxygen atoms in total. The van der Waals surface area contributed by atoms with Crippen molar-refractivity contribution in [3.8, 4) is 5.75 Å². The highest BCUT2D eigenvalue weighted by molar-refractivity contribution is 6.30. The summed E-state index contributed by atoms with van der Waals surface area (Å²) in [6, 6.07) is 6.66. The molecule has 2 rings (SSSR count). The van der Waals surface area contributed by atoms with Crippen molar-refractivity contribution in [2.45, 2.75) is 0 Å². The van der Waals surface area contributed by atoms with Gasteiger partial charge in [-0.1, -0.05) is 11.6 Å². The Hall–Kier alpha value is -2.14. The highest BCUT2D eigenvalue weighted by Crippen LogP contribution is 2.23. The Bertz CT molecular complexity index is 647. The Morgan fingerprint density at radius 1 is 1.16 bits per heavy atom. The molecule has 6 heteroatoms. The summed E-state index contributed by atoms with van der Waals surface area (Å²) < 4.78 is 26.1. The molecule has 0 unspecified atom stereocenters. The molecule has 1 amide bonds. The average molecular weight is 284 g/mol. The van der Waals surface area contributed by atoms with Gasteiger partial charge in [-0.15, -0.1) is 0 Å². The van der Waals surface area contributed by atoms with Crippen LogP contribution in [0.25, 0.3) is 0 Å². The molecule has 0 aliphatic carbocycles. The standard InChI is InChI=1S/C13H8ClF2NO2/c14-7-1-3-9(12(18)5-7)13(19)17-11-4-2-8(15)6-10(11)16/h1-6,18H,(H,17,19). The molecule has 2 aromatic carbocycles. The number of hydrogen-bond donors (Lipinski definition) is 2. The lowest BCUT2D eigenvalue weighted by atomic mass is 10.2. The number of hydrogen-bond acceptors (Lipinski definition) is 2. The van der Waals surface area contributed by atoms with E-state index in [9.17, 15) is 18.7 Å². The summed E-state index contributed by atoms with van der Waals surface area (Å²) in [5.41, 5.74) is -0.242. The molecule has 0 heterocycles. The Kier molecular flexibility index (Phi) is 3.66. The van der Waals surface area contributed by atoms with E-state index in [0.717, 1.165) is 12.1 Å². The van der Waals surface area contributed by atoms with Gasteiger partial charge in [-0.05, 0) is 30.3 Å². The predicted molar refractivity (Wildman–Crippen MR) is 67.4 cm³/mol. The maximum Gasteiger partial charge on any atom is 0.259 e. The summed E-state index contributed by atoms with van der Waals surface area (Å²) in [6.07, 6.45) is 0. The molecule has 2 N–H and O–H groups in total. The van der Waals surface area contributed by atoms with Crippen LogP contribution in [0.4, 0.5) is 14.5 Å². The lowest BCUT2D eigenvalue weighted by molar-refractivity contribution is 0.102. The lowest BCUT2D eigenvalue weighted by Gasteiger charge is -2.08. The van der Waals surface area contributed by atoms with Crippen LogP contribution in [0.2, 0.25) is 5.02 Å². The zero-order valence-corrected chi connectivity index (χ0v) is 10.2. The van der Waals surface area contributed by atoms with Gasteiger partial charge in [-0.3, -0.25) is 4.79 Å². The summed E-state index contributed by atoms with van der Waals surface area (Å²) in [5.74, 6) is -2.70. The van der Waals surface area contributed by atoms with Gasteiger partial charge in [0, 0.05) is 11.1 Å². The predicted octanol–water partition coefficient (Wildman–Crippen LogP) is 3.58. The summed E-state index contributed by atoms with van der Waals surface area (Å²) in [7, 11) is 0. The van der Waals surface area contributed by atoms with Crippen molar-refractivity contribution < 1.29 is 18.7 Å². The van der Waals surface area contributed by atoms with Crippen molar-refractivity contribution in [2.75, 3.05) is 5.32 Å². The van der Waals surface area contributed by atoms with E-state index in [0.29, 0.717) is 6.07 Å². The van der Waals surface area contributed by atoms with Crippen LogP contribution in [0.3, 0.4) is 0 Å². The number of halogens is 3. The molecule has 0 saturated carbocycles. The maximum absolute atomic E-state index is 13.4. The monoisotopic (exact) mass is 283 g/mol. The van der Waals surface area contributed by atoms with Crippen LogP contribution >= 0.6 is 11.6 Å². The second kappa shape index (κ2) is 5.24. The molecule has 0 radical (unpaired) electrons. The second-order valence-electron chi connectivity index (χ2n) is 3.74. The van der Waals surface area contributed by atoms with Gasteiger partial charge in [0.1, 0.15) is 17.4 Å². The van der Waals surface area contributed by atoms with Crippen LogP contribution in [-0.2, 0) is 0 Å². The zero-order chi connectivity index (χ0) is 14.0. The van der Waals surface area contributed by atoms with Crippen LogP contribution in [0.15, 0.2) is 36.4 Å². The van der Waals surface area contributed by atoms with Crippen LogP contribution in [-0.4, -0.2) is 11.0 Å². The third kappa shape index (κ3) is 3.00. The number of nitrogens with one attached hydrogen (secondary N) is 1. The highest BCUT2D eigenvalue weighted by atomic mass is 35.5. The van der Waals surface area contributed by atoms with Gasteiger partial charge in [-0.2, -0.15) is 0 Å². The van der Waals surface area contributed by atoms with E-state index in [-0.39, 0.29) is 22.0 Å². The first-order chi connectivity index (χ1) is 8.97. The van der Waals surface area contributed by atoms with Crippen molar-refractivity contribution in [3.05, 3.63) is 58.6 Å². The number of amides is 1. The number of rotatable bonds is 2. The number of benzene rings is 2. The van der Waals surface area contributed by atoms with Crippen LogP contribution in [0.5, 0.6) is 5.75 Å². The van der Waals surface area contributed by atoms with Gasteiger partial charge in [0.25, 0.3) is 5.91 Å². The fraction of sp³-hybridized carbons (Fsp3) is 0. The second-order valence-corrected chi connectivity index (χ2v) is 4.18. The molecular formula is C13H8ClF2NO2. The first-order valence-electron chi connectivity index (χ1n) is 5.22. The first-order valence-corrected chi connectivity index (χ1v) is 5.60. The Morgan fingerprint density at radius 2 is 1.89 bits per heavy atom. The lowest BCUT2D eigenvalue weighted by Crippen LogP contribution is -2.13. The molecule has 0 aliphatic rings. The molecular weight excluding hydrogens is 276 g/mol. The molecule has 0 spiro atoms. The topological polar surface area (TPSA) is 49.3 Å². The molecule has 2 aromatic rings. The highest BCUT2D eigenvalue weighted by Gasteiger charge is 2.13. The van der Waals surface area contributed by atoms with Crippen LogP contribution < -0.4 is 5.32 Å². The summed E-state index contributed by atoms with van der Waals surface area (Å²) in [6.45, 7) is 0. The quantitative estimate of drug-likeness (QED) is 0.885. The van der Waals surface area contributed by atoms with Gasteiger partial charge in [-0.25, -0.2) is 8.78 Å². The fourth-order valence-corrected chi connectivity index (χ4v) is 1.64. The number of anilines is 1. The van der Waals surface area contributed by atoms with E-state index in [1.165, 1.54) is 18.2 Å². The first kappa shape index (κ1) is 13.3. The van der Waals surface area contributed by atoms with E-state index in [1.807, 2.05) is 0 Å². The Balaban J connectivity index is 2.25. The molecule has 19 heavy (non-hydrogen) atoms. The minimum atomic E-state index is -0.901. The number of phenolic OH excluding ortho intramolecular Hbond substituents is 1. The number of carbonyl (C=O) groups excluding carboxylic acids is 1. The summed E-state index contributed by atoms with van der Waals surface area (Å²) in [5, 5.41) is 12.1. The van der Waals surface area contributed by atoms with Gasteiger partial charge < -0.3 is 10.4 Å². The average Bonchev–Trinajstić information content (AvgIpc) is 2.32. The van der Waals surface area contributed by atoms with E-state index in [1.54, 1.807) is 0 Å². The smallest absolute Gasteiger partial charge is 0.259 e. The molecule has 0 aromatic heterocycles. The van der Waals surface area contributed by atoms with Crippen molar-refractivity contribution in [1.29, 1.82) is 0 Å². The largest absolute Gasteiger partial charge is 0.507 e. The van der Waals surface area contributed by atoms with Gasteiger partial charge in [0.05, 0.1) is 11.3 Å². The molecule has 0 aliphatic heterocycles. The van der Waals surface area contributed by atoms with Crippen LogP contribution in [0.1, 0.15) is 10.4 Å². The van der Waals surface area contributed by atoms with Crippen molar-refractivity contribution in [2.24, 2.45) is 0 Å². The zero-order valence-electron chi connectivity index (χ0n) is 9.45. The van der Waals surface area contributed by atoms with Crippen molar-refractivity contribution in [1.82, 2.24) is 0 Å². The Labute approximate surface area is 112 Å². The number of aromatic hydroxyl groups is 1. The minimum Gasteiger partial charge on any atom is -0.507 e. The fourth-order valence-electron chi connectivity index (χ4n) is 1.48. The van der Waals surface area contributed by atoms with E-state index in [2.05, 4.69) is 5.32 Å². The third-order valence-electron chi connectivity index (χ3n) is 2.38. The maximum atomic E-state index is 13.4. The van der Waals surface area contributed by atoms with Gasteiger partial charge >= 0.3 is 0 Å². The van der Waals surface area contributed by atoms with Crippen molar-refractivity contribution in [3.63, 3.8) is 0 Å². The van der Waals surface area contributed by atoms with E-state index < -0.39 is 17.5 Å². The molecule has 0 bridgehead atoms. The molecule has 98 valence electrons. The van der Waals surface area contributed by atoms with Gasteiger partial charge in [0.15, 0.2) is 0 Å². The van der Waals surface area contributed by atoms with E-state index in [4.69, 9.17) is 11.6 Å². The molecule has 0 saturated heterocycles.